The number of amides is 1. The summed E-state index contributed by atoms with van der Waals surface area (Å²) < 4.78 is 13.1. The Hall–Kier alpha value is -2.15. The number of likely N-dealkylation sites (N-methyl/N-ethyl adjacent to an activating group) is 1. The molecule has 2 aliphatic rings. The molecule has 1 amide bonds. The molecule has 7 heteroatoms. The van der Waals surface area contributed by atoms with Crippen LogP contribution in [0.2, 0.25) is 0 Å². The molecule has 1 saturated carbocycles. The van der Waals surface area contributed by atoms with E-state index < -0.39 is 0 Å². The number of halogens is 1. The molecule has 1 aliphatic heterocycles. The van der Waals surface area contributed by atoms with Gasteiger partial charge in [0.05, 0.1) is 0 Å². The predicted octanol–water partition coefficient (Wildman–Crippen LogP) is 2.99. The fourth-order valence-electron chi connectivity index (χ4n) is 4.35. The van der Waals surface area contributed by atoms with Crippen molar-refractivity contribution in [1.29, 1.82) is 0 Å². The number of aliphatic imine (C=N–C) groups is 1. The van der Waals surface area contributed by atoms with Gasteiger partial charge in [-0.05, 0) is 49.3 Å². The summed E-state index contributed by atoms with van der Waals surface area (Å²) in [7, 11) is 3.52. The Morgan fingerprint density at radius 3 is 2.42 bits per heavy atom. The van der Waals surface area contributed by atoms with Crippen LogP contribution in [0.5, 0.6) is 0 Å². The topological polar surface area (TPSA) is 60.0 Å². The minimum absolute atomic E-state index is 0.00730. The fourth-order valence-corrected chi connectivity index (χ4v) is 4.35. The molecule has 2 N–H and O–H groups in total. The summed E-state index contributed by atoms with van der Waals surface area (Å²) in [6.07, 6.45) is 8.58. The van der Waals surface area contributed by atoms with Crippen molar-refractivity contribution in [2.45, 2.75) is 57.5 Å². The molecule has 31 heavy (non-hydrogen) atoms. The molecule has 0 atom stereocenters. The van der Waals surface area contributed by atoms with Gasteiger partial charge in [-0.3, -0.25) is 9.69 Å². The van der Waals surface area contributed by atoms with Crippen LogP contribution in [0, 0.1) is 11.7 Å². The second-order valence-electron chi connectivity index (χ2n) is 9.16. The Morgan fingerprint density at radius 1 is 1.10 bits per heavy atom. The third kappa shape index (κ3) is 8.13. The number of likely N-dealkylation sites (tertiary alicyclic amines) is 1. The molecule has 1 aliphatic carbocycles. The van der Waals surface area contributed by atoms with Crippen LogP contribution in [0.3, 0.4) is 0 Å². The first kappa shape index (κ1) is 23.5. The minimum Gasteiger partial charge on any atom is -0.356 e. The predicted molar refractivity (Wildman–Crippen MR) is 123 cm³/mol. The van der Waals surface area contributed by atoms with Crippen LogP contribution < -0.4 is 10.6 Å². The number of piperidine rings is 1. The van der Waals surface area contributed by atoms with E-state index in [-0.39, 0.29) is 18.3 Å². The number of hydrogen-bond donors (Lipinski definition) is 2. The van der Waals surface area contributed by atoms with Crippen LogP contribution in [0.1, 0.15) is 50.5 Å². The first-order valence-corrected chi connectivity index (χ1v) is 11.7. The maximum Gasteiger partial charge on any atom is 0.243 e. The minimum atomic E-state index is -0.188. The summed E-state index contributed by atoms with van der Waals surface area (Å²) >= 11 is 0. The maximum atomic E-state index is 13.1. The third-order valence-electron chi connectivity index (χ3n) is 6.40. The highest BCUT2D eigenvalue weighted by molar-refractivity contribution is 5.84. The number of hydrogen-bond acceptors (Lipinski definition) is 3. The van der Waals surface area contributed by atoms with Crippen LogP contribution in [-0.4, -0.2) is 68.0 Å². The van der Waals surface area contributed by atoms with Gasteiger partial charge in [-0.1, -0.05) is 31.4 Å². The van der Waals surface area contributed by atoms with E-state index in [4.69, 9.17) is 0 Å². The van der Waals surface area contributed by atoms with Crippen LogP contribution in [0.4, 0.5) is 4.39 Å². The number of carbonyl (C=O) groups excluding carboxylic acids is 1. The number of guanidine groups is 1. The Morgan fingerprint density at radius 2 is 1.77 bits per heavy atom. The molecule has 2 fully saturated rings. The normalized spacial score (nSPS) is 19.3. The van der Waals surface area contributed by atoms with Crippen LogP contribution in [-0.2, 0) is 11.3 Å². The van der Waals surface area contributed by atoms with E-state index in [2.05, 4.69) is 20.5 Å². The van der Waals surface area contributed by atoms with Crippen LogP contribution in [0.25, 0.3) is 0 Å². The Labute approximate surface area is 186 Å². The van der Waals surface area contributed by atoms with Gasteiger partial charge < -0.3 is 15.5 Å². The highest BCUT2D eigenvalue weighted by Gasteiger charge is 2.21. The molecule has 1 aromatic rings. The van der Waals surface area contributed by atoms with Gasteiger partial charge in [-0.2, -0.15) is 0 Å². The van der Waals surface area contributed by atoms with Crippen molar-refractivity contribution in [3.05, 3.63) is 35.6 Å². The summed E-state index contributed by atoms with van der Waals surface area (Å²) in [6, 6.07) is 7.12. The zero-order valence-corrected chi connectivity index (χ0v) is 19.1. The lowest BCUT2D eigenvalue weighted by atomic mass is 9.89. The van der Waals surface area contributed by atoms with Crippen molar-refractivity contribution in [1.82, 2.24) is 20.4 Å². The highest BCUT2D eigenvalue weighted by Crippen LogP contribution is 2.22. The van der Waals surface area contributed by atoms with Crippen molar-refractivity contribution < 1.29 is 9.18 Å². The van der Waals surface area contributed by atoms with Gasteiger partial charge in [0, 0.05) is 46.3 Å². The smallest absolute Gasteiger partial charge is 0.243 e. The van der Waals surface area contributed by atoms with Crippen molar-refractivity contribution >= 4 is 11.9 Å². The van der Waals surface area contributed by atoms with Gasteiger partial charge in [-0.25, -0.2) is 9.38 Å². The van der Waals surface area contributed by atoms with Crippen molar-refractivity contribution in [3.8, 4) is 0 Å². The van der Waals surface area contributed by atoms with Gasteiger partial charge in [0.15, 0.2) is 5.96 Å². The molecule has 1 aromatic carbocycles. The first-order chi connectivity index (χ1) is 15.0. The molecule has 6 nitrogen and oxygen atoms in total. The van der Waals surface area contributed by atoms with Crippen molar-refractivity contribution in [2.75, 3.05) is 40.3 Å². The quantitative estimate of drug-likeness (QED) is 0.515. The molecule has 1 saturated heterocycles. The average Bonchev–Trinajstić information content (AvgIpc) is 2.78. The zero-order chi connectivity index (χ0) is 22.1. The molecule has 0 spiro atoms. The number of nitrogens with zero attached hydrogens (tertiary/aromatic N) is 3. The summed E-state index contributed by atoms with van der Waals surface area (Å²) in [5.41, 5.74) is 1.14. The van der Waals surface area contributed by atoms with Crippen LogP contribution >= 0.6 is 0 Å². The van der Waals surface area contributed by atoms with E-state index in [0.717, 1.165) is 50.5 Å². The van der Waals surface area contributed by atoms with E-state index in [1.165, 1.54) is 44.2 Å². The second kappa shape index (κ2) is 12.0. The summed E-state index contributed by atoms with van der Waals surface area (Å²) in [5.74, 6) is 1.28. The molecule has 0 bridgehead atoms. The van der Waals surface area contributed by atoms with Gasteiger partial charge >= 0.3 is 0 Å². The first-order valence-electron chi connectivity index (χ1n) is 11.7. The van der Waals surface area contributed by atoms with E-state index in [1.54, 1.807) is 19.0 Å². The van der Waals surface area contributed by atoms with E-state index in [1.807, 2.05) is 12.1 Å². The van der Waals surface area contributed by atoms with Gasteiger partial charge in [0.2, 0.25) is 5.91 Å². The lowest BCUT2D eigenvalue weighted by Gasteiger charge is -2.33. The Balaban J connectivity index is 1.49. The number of benzene rings is 1. The van der Waals surface area contributed by atoms with Crippen molar-refractivity contribution in [2.24, 2.45) is 10.9 Å². The molecular formula is C24H38FN5O. The third-order valence-corrected chi connectivity index (χ3v) is 6.40. The van der Waals surface area contributed by atoms with Gasteiger partial charge in [0.25, 0.3) is 0 Å². The monoisotopic (exact) mass is 431 g/mol. The van der Waals surface area contributed by atoms with E-state index in [9.17, 15) is 9.18 Å². The second-order valence-corrected chi connectivity index (χ2v) is 9.16. The van der Waals surface area contributed by atoms with Gasteiger partial charge in [-0.15, -0.1) is 0 Å². The summed E-state index contributed by atoms with van der Waals surface area (Å²) in [4.78, 5) is 20.6. The largest absolute Gasteiger partial charge is 0.356 e. The zero-order valence-electron chi connectivity index (χ0n) is 19.1. The van der Waals surface area contributed by atoms with E-state index in [0.29, 0.717) is 12.0 Å². The fraction of sp³-hybridized carbons (Fsp3) is 0.667. The average molecular weight is 432 g/mol. The molecular weight excluding hydrogens is 393 g/mol. The van der Waals surface area contributed by atoms with Crippen molar-refractivity contribution in [3.63, 3.8) is 0 Å². The molecule has 3 rings (SSSR count). The maximum absolute atomic E-state index is 13.1. The van der Waals surface area contributed by atoms with Crippen LogP contribution in [0.15, 0.2) is 29.3 Å². The molecule has 0 radical (unpaired) electrons. The Bertz CT molecular complexity index is 707. The molecule has 172 valence electrons. The molecule has 1 heterocycles. The van der Waals surface area contributed by atoms with Gasteiger partial charge in [0.1, 0.15) is 12.4 Å². The number of carbonyl (C=O) groups is 1. The molecule has 0 aromatic heterocycles. The highest BCUT2D eigenvalue weighted by atomic mass is 19.1. The SMILES string of the molecule is CN(C)C(=O)CN=C(NCC1CCCCC1)NC1CCN(Cc2ccc(F)cc2)CC1. The number of rotatable bonds is 7. The Kier molecular flexibility index (Phi) is 9.13. The molecule has 0 unspecified atom stereocenters. The number of nitrogens with one attached hydrogen (secondary N) is 2. The summed E-state index contributed by atoms with van der Waals surface area (Å²) in [6.45, 7) is 3.91. The standard InChI is InChI=1S/C24H38FN5O/c1-29(2)23(31)17-27-24(26-16-19-6-4-3-5-7-19)28-22-12-14-30(15-13-22)18-20-8-10-21(25)11-9-20/h8-11,19,22H,3-7,12-18H2,1-2H3,(H2,26,27,28). The summed E-state index contributed by atoms with van der Waals surface area (Å²) in [5, 5.41) is 7.08. The van der Waals surface area contributed by atoms with E-state index >= 15 is 0 Å². The lowest BCUT2D eigenvalue weighted by Crippen LogP contribution is -2.49. The lowest BCUT2D eigenvalue weighted by molar-refractivity contribution is -0.127.